The molecule has 0 unspecified atom stereocenters. The van der Waals surface area contributed by atoms with Crippen LogP contribution in [0.2, 0.25) is 0 Å². The van der Waals surface area contributed by atoms with Crippen molar-refractivity contribution in [2.75, 3.05) is 28.8 Å². The Morgan fingerprint density at radius 3 is 2.58 bits per heavy atom. The molecule has 0 aliphatic carbocycles. The van der Waals surface area contributed by atoms with Gasteiger partial charge in [-0.05, 0) is 48.1 Å². The van der Waals surface area contributed by atoms with Gasteiger partial charge in [-0.15, -0.1) is 0 Å². The Morgan fingerprint density at radius 1 is 1.11 bits per heavy atom. The molecule has 188 valence electrons. The van der Waals surface area contributed by atoms with Crippen LogP contribution in [0.3, 0.4) is 0 Å². The number of benzene rings is 1. The molecule has 1 aliphatic heterocycles. The molecule has 8 nitrogen and oxygen atoms in total. The van der Waals surface area contributed by atoms with E-state index in [0.29, 0.717) is 5.92 Å². The zero-order valence-corrected chi connectivity index (χ0v) is 22.1. The average Bonchev–Trinajstić information content (AvgIpc) is 3.26. The van der Waals surface area contributed by atoms with E-state index in [-0.39, 0.29) is 17.7 Å². The first kappa shape index (κ1) is 24.2. The van der Waals surface area contributed by atoms with Gasteiger partial charge in [-0.1, -0.05) is 19.9 Å². The molecule has 1 aliphatic rings. The summed E-state index contributed by atoms with van der Waals surface area (Å²) < 4.78 is 25.4. The fourth-order valence-electron chi connectivity index (χ4n) is 5.02. The van der Waals surface area contributed by atoms with Crippen LogP contribution in [0.5, 0.6) is 0 Å². The van der Waals surface area contributed by atoms with Gasteiger partial charge >= 0.3 is 0 Å². The highest BCUT2D eigenvalue weighted by Gasteiger charge is 2.38. The number of aryl methyl sites for hydroxylation is 1. The molecule has 1 saturated heterocycles. The standard InChI is InChI=1S/C27H32N6O2S/c1-17(2)22-6-7-26(33-15-20(18(33)3)16-36(5,34)35)24-13-29-27(11-23(22)24)31-21-8-9-28-25(10-21)19-12-30-32(4)14-19/h6-14,17-18,20H,15-16H2,1-5H3,(H,28,29,31)/t18-,20-/m1/s1. The molecule has 0 bridgehead atoms. The van der Waals surface area contributed by atoms with Crippen LogP contribution in [0.25, 0.3) is 22.0 Å². The minimum atomic E-state index is -2.99. The van der Waals surface area contributed by atoms with Gasteiger partial charge in [0.15, 0.2) is 0 Å². The Morgan fingerprint density at radius 2 is 1.92 bits per heavy atom. The normalized spacial score (nSPS) is 18.0. The Bertz CT molecular complexity index is 1530. The number of fused-ring (bicyclic) bond motifs is 1. The number of nitrogens with zero attached hydrogens (tertiary/aromatic N) is 5. The van der Waals surface area contributed by atoms with E-state index in [9.17, 15) is 8.42 Å². The number of hydrogen-bond acceptors (Lipinski definition) is 7. The summed E-state index contributed by atoms with van der Waals surface area (Å²) in [7, 11) is -1.11. The van der Waals surface area contributed by atoms with E-state index in [2.05, 4.69) is 59.3 Å². The zero-order chi connectivity index (χ0) is 25.6. The highest BCUT2D eigenvalue weighted by Crippen LogP contribution is 2.39. The highest BCUT2D eigenvalue weighted by molar-refractivity contribution is 7.90. The lowest BCUT2D eigenvalue weighted by molar-refractivity contribution is 0.342. The third-order valence-corrected chi connectivity index (χ3v) is 8.03. The molecule has 3 aromatic heterocycles. The molecular formula is C27H32N6O2S. The number of sulfone groups is 1. The smallest absolute Gasteiger partial charge is 0.147 e. The summed E-state index contributed by atoms with van der Waals surface area (Å²) in [5.74, 6) is 1.49. The van der Waals surface area contributed by atoms with Crippen molar-refractivity contribution in [3.05, 3.63) is 60.7 Å². The summed E-state index contributed by atoms with van der Waals surface area (Å²) in [6.07, 6.45) is 8.76. The Balaban J connectivity index is 1.46. The van der Waals surface area contributed by atoms with Gasteiger partial charge in [-0.3, -0.25) is 9.67 Å². The fourth-order valence-corrected chi connectivity index (χ4v) is 6.18. The second kappa shape index (κ2) is 9.20. The molecule has 36 heavy (non-hydrogen) atoms. The van der Waals surface area contributed by atoms with Crippen LogP contribution in [-0.4, -0.2) is 52.8 Å². The lowest BCUT2D eigenvalue weighted by Crippen LogP contribution is -2.57. The van der Waals surface area contributed by atoms with Crippen LogP contribution < -0.4 is 10.2 Å². The summed E-state index contributed by atoms with van der Waals surface area (Å²) >= 11 is 0. The summed E-state index contributed by atoms with van der Waals surface area (Å²) in [5.41, 5.74) is 5.06. The lowest BCUT2D eigenvalue weighted by atomic mass is 9.88. The second-order valence-electron chi connectivity index (χ2n) is 10.1. The molecule has 4 aromatic rings. The van der Waals surface area contributed by atoms with E-state index in [1.54, 1.807) is 17.1 Å². The van der Waals surface area contributed by atoms with Gasteiger partial charge < -0.3 is 10.2 Å². The first-order valence-electron chi connectivity index (χ1n) is 12.2. The molecule has 4 heterocycles. The average molecular weight is 505 g/mol. The number of rotatable bonds is 7. The van der Waals surface area contributed by atoms with Crippen molar-refractivity contribution in [2.24, 2.45) is 13.0 Å². The second-order valence-corrected chi connectivity index (χ2v) is 12.3. The van der Waals surface area contributed by atoms with E-state index >= 15 is 0 Å². The molecule has 1 N–H and O–H groups in total. The van der Waals surface area contributed by atoms with Crippen molar-refractivity contribution in [3.63, 3.8) is 0 Å². The quantitative estimate of drug-likeness (QED) is 0.388. The van der Waals surface area contributed by atoms with Crippen LogP contribution in [0.4, 0.5) is 17.2 Å². The minimum absolute atomic E-state index is 0.148. The first-order chi connectivity index (χ1) is 17.1. The van der Waals surface area contributed by atoms with Crippen LogP contribution in [-0.2, 0) is 16.9 Å². The largest absolute Gasteiger partial charge is 0.368 e. The molecule has 0 saturated carbocycles. The molecule has 5 rings (SSSR count). The van der Waals surface area contributed by atoms with Crippen LogP contribution in [0, 0.1) is 5.92 Å². The Labute approximate surface area is 212 Å². The molecule has 0 spiro atoms. The number of aromatic nitrogens is 4. The molecular weight excluding hydrogens is 472 g/mol. The summed E-state index contributed by atoms with van der Waals surface area (Å²) in [6.45, 7) is 7.23. The van der Waals surface area contributed by atoms with Crippen molar-refractivity contribution in [3.8, 4) is 11.3 Å². The fraction of sp³-hybridized carbons (Fsp3) is 0.370. The van der Waals surface area contributed by atoms with Gasteiger partial charge in [-0.2, -0.15) is 5.10 Å². The van der Waals surface area contributed by atoms with Gasteiger partial charge in [-0.25, -0.2) is 13.4 Å². The SMILES string of the molecule is CC(C)c1ccc(N2C[C@H](CS(C)(=O)=O)[C@H]2C)c2cnc(Nc3ccnc(-c4cnn(C)c4)c3)cc12. The molecule has 1 fully saturated rings. The summed E-state index contributed by atoms with van der Waals surface area (Å²) in [5, 5.41) is 9.92. The summed E-state index contributed by atoms with van der Waals surface area (Å²) in [4.78, 5) is 11.5. The van der Waals surface area contributed by atoms with Crippen molar-refractivity contribution in [2.45, 2.75) is 32.7 Å². The van der Waals surface area contributed by atoms with Crippen LogP contribution >= 0.6 is 0 Å². The van der Waals surface area contributed by atoms with Gasteiger partial charge in [0.1, 0.15) is 15.7 Å². The number of pyridine rings is 2. The molecule has 1 aromatic carbocycles. The molecule has 0 amide bonds. The molecule has 0 radical (unpaired) electrons. The first-order valence-corrected chi connectivity index (χ1v) is 14.2. The van der Waals surface area contributed by atoms with Gasteiger partial charge in [0.25, 0.3) is 0 Å². The Kier molecular flexibility index (Phi) is 6.20. The third kappa shape index (κ3) is 4.80. The molecule has 2 atom stereocenters. The third-order valence-electron chi connectivity index (χ3n) is 7.00. The van der Waals surface area contributed by atoms with E-state index in [1.807, 2.05) is 31.6 Å². The number of anilines is 3. The van der Waals surface area contributed by atoms with Crippen LogP contribution in [0.15, 0.2) is 55.1 Å². The van der Waals surface area contributed by atoms with Crippen LogP contribution in [0.1, 0.15) is 32.3 Å². The van der Waals surface area contributed by atoms with Crippen molar-refractivity contribution in [1.82, 2.24) is 19.7 Å². The maximum Gasteiger partial charge on any atom is 0.147 e. The highest BCUT2D eigenvalue weighted by atomic mass is 32.2. The number of hydrogen-bond donors (Lipinski definition) is 1. The maximum atomic E-state index is 11.8. The topological polar surface area (TPSA) is 93.0 Å². The summed E-state index contributed by atoms with van der Waals surface area (Å²) in [6, 6.07) is 10.5. The van der Waals surface area contributed by atoms with Crippen molar-refractivity contribution >= 4 is 37.8 Å². The maximum absolute atomic E-state index is 11.8. The Hall–Kier alpha value is -3.46. The van der Waals surface area contributed by atoms with Gasteiger partial charge in [0.05, 0.1) is 17.6 Å². The predicted octanol–water partition coefficient (Wildman–Crippen LogP) is 4.77. The van der Waals surface area contributed by atoms with Gasteiger partial charge in [0, 0.05) is 72.7 Å². The van der Waals surface area contributed by atoms with E-state index in [0.717, 1.165) is 45.8 Å². The number of nitrogens with one attached hydrogen (secondary N) is 1. The van der Waals surface area contributed by atoms with E-state index in [4.69, 9.17) is 4.98 Å². The van der Waals surface area contributed by atoms with Crippen molar-refractivity contribution in [1.29, 1.82) is 0 Å². The minimum Gasteiger partial charge on any atom is -0.368 e. The van der Waals surface area contributed by atoms with E-state index < -0.39 is 9.84 Å². The van der Waals surface area contributed by atoms with Crippen molar-refractivity contribution < 1.29 is 8.42 Å². The van der Waals surface area contributed by atoms with Gasteiger partial charge in [0.2, 0.25) is 0 Å². The van der Waals surface area contributed by atoms with E-state index in [1.165, 1.54) is 11.8 Å². The zero-order valence-electron chi connectivity index (χ0n) is 21.3. The molecule has 9 heteroatoms. The lowest BCUT2D eigenvalue weighted by Gasteiger charge is -2.48. The monoisotopic (exact) mass is 504 g/mol. The predicted molar refractivity (Wildman–Crippen MR) is 146 cm³/mol.